The number of methoxy groups -OCH3 is 1. The Hall–Kier alpha value is -2.57. The van der Waals surface area contributed by atoms with Crippen LogP contribution in [0, 0.1) is 0 Å². The molecule has 1 N–H and O–H groups in total. The van der Waals surface area contributed by atoms with E-state index in [0.717, 1.165) is 0 Å². The van der Waals surface area contributed by atoms with E-state index in [-0.39, 0.29) is 18.3 Å². The molecule has 1 heterocycles. The number of carboxylic acid groups (broad SMARTS) is 1. The summed E-state index contributed by atoms with van der Waals surface area (Å²) in [6.45, 7) is 3.84. The predicted molar refractivity (Wildman–Crippen MR) is 74.7 cm³/mol. The second-order valence-corrected chi connectivity index (χ2v) is 4.67. The SMILES string of the molecule is COc1ccccc1OCc1c(C(=O)O)nnn1C(C)C. The summed E-state index contributed by atoms with van der Waals surface area (Å²) >= 11 is 0. The number of ether oxygens (including phenoxy) is 2. The zero-order valence-corrected chi connectivity index (χ0v) is 12.1. The highest BCUT2D eigenvalue weighted by atomic mass is 16.5. The topological polar surface area (TPSA) is 86.5 Å². The number of nitrogens with zero attached hydrogens (tertiary/aromatic N) is 3. The number of aromatic nitrogens is 3. The summed E-state index contributed by atoms with van der Waals surface area (Å²) < 4.78 is 12.4. The van der Waals surface area contributed by atoms with Crippen molar-refractivity contribution in [3.05, 3.63) is 35.7 Å². The van der Waals surface area contributed by atoms with E-state index in [1.165, 1.54) is 0 Å². The van der Waals surface area contributed by atoms with Crippen molar-refractivity contribution in [2.75, 3.05) is 7.11 Å². The molecule has 21 heavy (non-hydrogen) atoms. The van der Waals surface area contributed by atoms with Gasteiger partial charge in [0.05, 0.1) is 7.11 Å². The van der Waals surface area contributed by atoms with Crippen LogP contribution in [0.4, 0.5) is 0 Å². The molecule has 0 fully saturated rings. The summed E-state index contributed by atoms with van der Waals surface area (Å²) in [7, 11) is 1.55. The minimum Gasteiger partial charge on any atom is -0.493 e. The van der Waals surface area contributed by atoms with Crippen LogP contribution in [0.15, 0.2) is 24.3 Å². The van der Waals surface area contributed by atoms with E-state index in [2.05, 4.69) is 10.3 Å². The third-order valence-electron chi connectivity index (χ3n) is 2.92. The average Bonchev–Trinajstić information content (AvgIpc) is 2.89. The standard InChI is InChI=1S/C14H17N3O4/c1-9(2)17-10(13(14(18)19)15-16-17)8-21-12-7-5-4-6-11(12)20-3/h4-7,9H,8H2,1-3H3,(H,18,19). The Morgan fingerprint density at radius 1 is 1.33 bits per heavy atom. The summed E-state index contributed by atoms with van der Waals surface area (Å²) in [6.07, 6.45) is 0. The Bertz CT molecular complexity index is 637. The first-order chi connectivity index (χ1) is 10.0. The average molecular weight is 291 g/mol. The lowest BCUT2D eigenvalue weighted by Crippen LogP contribution is -2.13. The quantitative estimate of drug-likeness (QED) is 0.877. The maximum Gasteiger partial charge on any atom is 0.358 e. The zero-order valence-electron chi connectivity index (χ0n) is 12.1. The lowest BCUT2D eigenvalue weighted by Gasteiger charge is -2.13. The number of hydrogen-bond acceptors (Lipinski definition) is 5. The zero-order chi connectivity index (χ0) is 15.4. The summed E-state index contributed by atoms with van der Waals surface area (Å²) in [6, 6.07) is 7.15. The summed E-state index contributed by atoms with van der Waals surface area (Å²) in [5.74, 6) is -0.00804. The summed E-state index contributed by atoms with van der Waals surface area (Å²) in [5.41, 5.74) is 0.321. The maximum atomic E-state index is 11.2. The van der Waals surface area contributed by atoms with E-state index >= 15 is 0 Å². The molecule has 0 saturated heterocycles. The fourth-order valence-corrected chi connectivity index (χ4v) is 1.91. The summed E-state index contributed by atoms with van der Waals surface area (Å²) in [5, 5.41) is 16.7. The van der Waals surface area contributed by atoms with Gasteiger partial charge in [0.15, 0.2) is 17.2 Å². The Morgan fingerprint density at radius 2 is 2.00 bits per heavy atom. The van der Waals surface area contributed by atoms with Crippen LogP contribution in [0.1, 0.15) is 36.1 Å². The number of carbonyl (C=O) groups is 1. The van der Waals surface area contributed by atoms with Gasteiger partial charge in [-0.2, -0.15) is 0 Å². The van der Waals surface area contributed by atoms with E-state index in [1.54, 1.807) is 23.9 Å². The first-order valence-electron chi connectivity index (χ1n) is 6.47. The molecule has 0 unspecified atom stereocenters. The normalized spacial score (nSPS) is 10.7. The van der Waals surface area contributed by atoms with Crippen molar-refractivity contribution >= 4 is 5.97 Å². The summed E-state index contributed by atoms with van der Waals surface area (Å²) in [4.78, 5) is 11.2. The highest BCUT2D eigenvalue weighted by Gasteiger charge is 2.21. The maximum absolute atomic E-state index is 11.2. The van der Waals surface area contributed by atoms with Gasteiger partial charge in [-0.25, -0.2) is 9.48 Å². The Balaban J connectivity index is 2.26. The molecule has 0 spiro atoms. The fourth-order valence-electron chi connectivity index (χ4n) is 1.91. The second kappa shape index (κ2) is 6.25. The van der Waals surface area contributed by atoms with Gasteiger partial charge in [-0.15, -0.1) is 5.10 Å². The van der Waals surface area contributed by atoms with E-state index in [9.17, 15) is 4.79 Å². The molecule has 112 valence electrons. The van der Waals surface area contributed by atoms with Crippen molar-refractivity contribution in [1.29, 1.82) is 0 Å². The third-order valence-corrected chi connectivity index (χ3v) is 2.92. The van der Waals surface area contributed by atoms with Gasteiger partial charge in [-0.1, -0.05) is 17.3 Å². The fraction of sp³-hybridized carbons (Fsp3) is 0.357. The van der Waals surface area contributed by atoms with Gasteiger partial charge in [0.1, 0.15) is 12.3 Å². The van der Waals surface area contributed by atoms with Crippen molar-refractivity contribution in [2.24, 2.45) is 0 Å². The molecule has 0 aliphatic heterocycles. The van der Waals surface area contributed by atoms with Crippen LogP contribution in [-0.2, 0) is 6.61 Å². The molecule has 7 nitrogen and oxygen atoms in total. The first-order valence-corrected chi connectivity index (χ1v) is 6.47. The number of carboxylic acids is 1. The second-order valence-electron chi connectivity index (χ2n) is 4.67. The molecule has 0 aliphatic rings. The molecule has 7 heteroatoms. The largest absolute Gasteiger partial charge is 0.493 e. The van der Waals surface area contributed by atoms with Gasteiger partial charge in [0, 0.05) is 6.04 Å². The molecular weight excluding hydrogens is 274 g/mol. The minimum absolute atomic E-state index is 0.0122. The molecule has 1 aromatic carbocycles. The van der Waals surface area contributed by atoms with Crippen LogP contribution >= 0.6 is 0 Å². The Kier molecular flexibility index (Phi) is 4.42. The molecule has 0 amide bonds. The molecule has 1 aromatic heterocycles. The smallest absolute Gasteiger partial charge is 0.358 e. The number of rotatable bonds is 6. The van der Waals surface area contributed by atoms with Crippen molar-refractivity contribution in [3.63, 3.8) is 0 Å². The lowest BCUT2D eigenvalue weighted by molar-refractivity contribution is 0.0687. The van der Waals surface area contributed by atoms with Crippen molar-refractivity contribution in [3.8, 4) is 11.5 Å². The number of hydrogen-bond donors (Lipinski definition) is 1. The Labute approximate surface area is 122 Å². The molecule has 0 bridgehead atoms. The van der Waals surface area contributed by atoms with Crippen LogP contribution in [0.2, 0.25) is 0 Å². The van der Waals surface area contributed by atoms with Crippen LogP contribution < -0.4 is 9.47 Å². The first kappa shape index (κ1) is 14.8. The van der Waals surface area contributed by atoms with Crippen molar-refractivity contribution in [2.45, 2.75) is 26.5 Å². The van der Waals surface area contributed by atoms with E-state index < -0.39 is 5.97 Å². The van der Waals surface area contributed by atoms with Crippen LogP contribution in [-0.4, -0.2) is 33.2 Å². The van der Waals surface area contributed by atoms with Gasteiger partial charge in [0.2, 0.25) is 0 Å². The predicted octanol–water partition coefficient (Wildman–Crippen LogP) is 2.14. The number of para-hydroxylation sites is 2. The van der Waals surface area contributed by atoms with Gasteiger partial charge in [0.25, 0.3) is 0 Å². The minimum atomic E-state index is -1.12. The van der Waals surface area contributed by atoms with Gasteiger partial charge in [-0.3, -0.25) is 0 Å². The molecule has 2 rings (SSSR count). The van der Waals surface area contributed by atoms with Gasteiger partial charge < -0.3 is 14.6 Å². The van der Waals surface area contributed by atoms with Crippen molar-refractivity contribution in [1.82, 2.24) is 15.0 Å². The van der Waals surface area contributed by atoms with Crippen molar-refractivity contribution < 1.29 is 19.4 Å². The molecule has 0 radical (unpaired) electrons. The molecule has 0 aliphatic carbocycles. The van der Waals surface area contributed by atoms with Gasteiger partial charge >= 0.3 is 5.97 Å². The molecular formula is C14H17N3O4. The number of benzene rings is 1. The van der Waals surface area contributed by atoms with Crippen LogP contribution in [0.25, 0.3) is 0 Å². The van der Waals surface area contributed by atoms with Crippen LogP contribution in [0.5, 0.6) is 11.5 Å². The monoisotopic (exact) mass is 291 g/mol. The van der Waals surface area contributed by atoms with E-state index in [4.69, 9.17) is 14.6 Å². The Morgan fingerprint density at radius 3 is 2.57 bits per heavy atom. The number of aromatic carboxylic acids is 1. The van der Waals surface area contributed by atoms with E-state index in [1.807, 2.05) is 26.0 Å². The highest BCUT2D eigenvalue weighted by molar-refractivity contribution is 5.86. The highest BCUT2D eigenvalue weighted by Crippen LogP contribution is 2.27. The molecule has 2 aromatic rings. The van der Waals surface area contributed by atoms with Crippen LogP contribution in [0.3, 0.4) is 0 Å². The third kappa shape index (κ3) is 3.13. The lowest BCUT2D eigenvalue weighted by atomic mass is 10.3. The van der Waals surface area contributed by atoms with E-state index in [0.29, 0.717) is 17.2 Å². The molecule has 0 atom stereocenters. The molecule has 0 saturated carbocycles. The van der Waals surface area contributed by atoms with Gasteiger partial charge in [-0.05, 0) is 26.0 Å².